The van der Waals surface area contributed by atoms with E-state index in [0.717, 1.165) is 0 Å². The minimum absolute atomic E-state index is 0.301. The number of carbonyl (C=O) groups excluding carboxylic acids is 1. The molecule has 1 aliphatic heterocycles. The molecule has 9 nitrogen and oxygen atoms in total. The molecule has 4 N–H and O–H groups in total. The SMILES string of the molecule is COc1cc(C(=O)N2CCC2C(=O)O)cc(OC)c1OC.NO. The lowest BCUT2D eigenvalue weighted by atomic mass is 10.0. The van der Waals surface area contributed by atoms with Gasteiger partial charge in [0.15, 0.2) is 11.5 Å². The van der Waals surface area contributed by atoms with Crippen molar-refractivity contribution in [3.63, 3.8) is 0 Å². The number of nitrogens with two attached hydrogens (primary N) is 1. The Morgan fingerprint density at radius 1 is 1.13 bits per heavy atom. The maximum absolute atomic E-state index is 12.4. The summed E-state index contributed by atoms with van der Waals surface area (Å²) in [6, 6.07) is 2.26. The van der Waals surface area contributed by atoms with Gasteiger partial charge < -0.3 is 29.4 Å². The van der Waals surface area contributed by atoms with E-state index in [0.29, 0.717) is 35.8 Å². The summed E-state index contributed by atoms with van der Waals surface area (Å²) in [7, 11) is 4.38. The summed E-state index contributed by atoms with van der Waals surface area (Å²) in [5, 5.41) is 15.5. The zero-order chi connectivity index (χ0) is 17.6. The lowest BCUT2D eigenvalue weighted by Gasteiger charge is -2.38. The maximum atomic E-state index is 12.4. The second-order valence-electron chi connectivity index (χ2n) is 4.56. The maximum Gasteiger partial charge on any atom is 0.326 e. The van der Waals surface area contributed by atoms with Gasteiger partial charge in [-0.05, 0) is 18.6 Å². The van der Waals surface area contributed by atoms with E-state index >= 15 is 0 Å². The summed E-state index contributed by atoms with van der Waals surface area (Å²) < 4.78 is 15.6. The molecule has 9 heteroatoms. The van der Waals surface area contributed by atoms with Gasteiger partial charge in [0.2, 0.25) is 5.75 Å². The second kappa shape index (κ2) is 8.20. The van der Waals surface area contributed by atoms with E-state index in [1.807, 2.05) is 0 Å². The summed E-state index contributed by atoms with van der Waals surface area (Å²) in [6.45, 7) is 0.423. The van der Waals surface area contributed by atoms with E-state index < -0.39 is 12.0 Å². The van der Waals surface area contributed by atoms with E-state index in [-0.39, 0.29) is 5.91 Å². The van der Waals surface area contributed by atoms with Crippen molar-refractivity contribution < 1.29 is 34.1 Å². The van der Waals surface area contributed by atoms with E-state index in [2.05, 4.69) is 5.90 Å². The number of aliphatic carboxylic acids is 1. The summed E-state index contributed by atoms with van der Waals surface area (Å²) in [5.41, 5.74) is 0.301. The number of likely N-dealkylation sites (tertiary alicyclic amines) is 1. The third-order valence-corrected chi connectivity index (χ3v) is 3.48. The number of hydrogen-bond acceptors (Lipinski definition) is 7. The first-order valence-corrected chi connectivity index (χ1v) is 6.63. The van der Waals surface area contributed by atoms with Crippen molar-refractivity contribution in [1.29, 1.82) is 0 Å². The Labute approximate surface area is 133 Å². The molecule has 1 aliphatic rings. The van der Waals surface area contributed by atoms with Gasteiger partial charge in [0.1, 0.15) is 6.04 Å². The monoisotopic (exact) mass is 328 g/mol. The molecule has 1 heterocycles. The molecular formula is C14H20N2O7. The fourth-order valence-electron chi connectivity index (χ4n) is 2.26. The average molecular weight is 328 g/mol. The molecule has 0 spiro atoms. The number of hydrogen-bond donors (Lipinski definition) is 3. The smallest absolute Gasteiger partial charge is 0.326 e. The lowest BCUT2D eigenvalue weighted by molar-refractivity contribution is -0.146. The Hall–Kier alpha value is -2.52. The molecule has 1 atom stereocenters. The molecule has 1 aromatic carbocycles. The lowest BCUT2D eigenvalue weighted by Crippen LogP contribution is -2.55. The zero-order valence-electron chi connectivity index (χ0n) is 13.1. The van der Waals surface area contributed by atoms with Gasteiger partial charge in [0, 0.05) is 12.1 Å². The van der Waals surface area contributed by atoms with Crippen LogP contribution in [0.2, 0.25) is 0 Å². The van der Waals surface area contributed by atoms with E-state index in [1.54, 1.807) is 0 Å². The van der Waals surface area contributed by atoms with Crippen LogP contribution >= 0.6 is 0 Å². The fraction of sp³-hybridized carbons (Fsp3) is 0.429. The number of benzene rings is 1. The van der Waals surface area contributed by atoms with Gasteiger partial charge >= 0.3 is 5.97 Å². The minimum Gasteiger partial charge on any atom is -0.493 e. The molecule has 2 rings (SSSR count). The largest absolute Gasteiger partial charge is 0.493 e. The quantitative estimate of drug-likeness (QED) is 0.660. The topological polar surface area (TPSA) is 132 Å². The molecule has 128 valence electrons. The first-order chi connectivity index (χ1) is 11.0. The van der Waals surface area contributed by atoms with Gasteiger partial charge in [-0.2, -0.15) is 0 Å². The summed E-state index contributed by atoms with van der Waals surface area (Å²) >= 11 is 0. The predicted molar refractivity (Wildman–Crippen MR) is 79.1 cm³/mol. The van der Waals surface area contributed by atoms with Crippen LogP contribution in [0.4, 0.5) is 0 Å². The number of rotatable bonds is 5. The molecule has 0 radical (unpaired) electrons. The molecule has 1 aromatic rings. The number of ether oxygens (including phenoxy) is 3. The molecule has 0 bridgehead atoms. The first kappa shape index (κ1) is 18.5. The Bertz CT molecular complexity index is 551. The second-order valence-corrected chi connectivity index (χ2v) is 4.56. The third kappa shape index (κ3) is 3.63. The molecule has 23 heavy (non-hydrogen) atoms. The zero-order valence-corrected chi connectivity index (χ0v) is 13.1. The van der Waals surface area contributed by atoms with Gasteiger partial charge in [0.05, 0.1) is 21.3 Å². The van der Waals surface area contributed by atoms with Gasteiger partial charge in [0.25, 0.3) is 5.91 Å². The summed E-state index contributed by atoms with van der Waals surface area (Å²) in [4.78, 5) is 24.7. The van der Waals surface area contributed by atoms with Gasteiger partial charge in [-0.3, -0.25) is 4.79 Å². The first-order valence-electron chi connectivity index (χ1n) is 6.63. The third-order valence-electron chi connectivity index (χ3n) is 3.48. The average Bonchev–Trinajstić information content (AvgIpc) is 2.53. The fourth-order valence-corrected chi connectivity index (χ4v) is 2.26. The number of carboxylic acid groups (broad SMARTS) is 1. The van der Waals surface area contributed by atoms with Crippen molar-refractivity contribution in [2.24, 2.45) is 5.90 Å². The van der Waals surface area contributed by atoms with Gasteiger partial charge in [-0.15, -0.1) is 0 Å². The molecule has 0 aliphatic carbocycles. The van der Waals surface area contributed by atoms with E-state index in [9.17, 15) is 9.59 Å². The Kier molecular flexibility index (Phi) is 6.61. The van der Waals surface area contributed by atoms with E-state index in [1.165, 1.54) is 38.4 Å². The summed E-state index contributed by atoms with van der Waals surface area (Å²) in [5.74, 6) is 3.23. The van der Waals surface area contributed by atoms with Crippen molar-refractivity contribution >= 4 is 11.9 Å². The van der Waals surface area contributed by atoms with Crippen molar-refractivity contribution in [1.82, 2.24) is 4.90 Å². The molecule has 1 saturated heterocycles. The predicted octanol–water partition coefficient (Wildman–Crippen LogP) is 0.346. The Balaban J connectivity index is 0.00000127. The van der Waals surface area contributed by atoms with Crippen LogP contribution in [0.5, 0.6) is 17.2 Å². The Morgan fingerprint density at radius 2 is 1.65 bits per heavy atom. The van der Waals surface area contributed by atoms with Crippen LogP contribution in [0.25, 0.3) is 0 Å². The van der Waals surface area contributed by atoms with Crippen LogP contribution in [-0.4, -0.2) is 61.0 Å². The Morgan fingerprint density at radius 3 is 1.96 bits per heavy atom. The van der Waals surface area contributed by atoms with Crippen molar-refractivity contribution in [3.05, 3.63) is 17.7 Å². The van der Waals surface area contributed by atoms with Crippen LogP contribution in [0, 0.1) is 0 Å². The number of amides is 1. The summed E-state index contributed by atoms with van der Waals surface area (Å²) in [6.07, 6.45) is 0.464. The minimum atomic E-state index is -0.998. The van der Waals surface area contributed by atoms with Crippen LogP contribution < -0.4 is 20.1 Å². The molecule has 1 fully saturated rings. The number of methoxy groups -OCH3 is 3. The molecule has 0 saturated carbocycles. The molecule has 0 aromatic heterocycles. The van der Waals surface area contributed by atoms with Crippen molar-refractivity contribution in [2.75, 3.05) is 27.9 Å². The molecular weight excluding hydrogens is 308 g/mol. The van der Waals surface area contributed by atoms with Crippen LogP contribution in [0.1, 0.15) is 16.8 Å². The standard InChI is InChI=1S/C14H17NO6.H3NO/c1-19-10-6-8(7-11(20-2)12(10)21-3)13(16)15-5-4-9(15)14(17)18;1-2/h6-7,9H,4-5H2,1-3H3,(H,17,18);2H,1H2. The van der Waals surface area contributed by atoms with Crippen molar-refractivity contribution in [3.8, 4) is 17.2 Å². The highest BCUT2D eigenvalue weighted by Gasteiger charge is 2.38. The van der Waals surface area contributed by atoms with E-state index in [4.69, 9.17) is 24.5 Å². The van der Waals surface area contributed by atoms with Gasteiger partial charge in [-0.25, -0.2) is 10.7 Å². The molecule has 1 unspecified atom stereocenters. The van der Waals surface area contributed by atoms with Gasteiger partial charge in [-0.1, -0.05) is 0 Å². The molecule has 1 amide bonds. The number of nitrogens with zero attached hydrogens (tertiary/aromatic N) is 1. The number of carboxylic acids is 1. The number of carbonyl (C=O) groups is 2. The highest BCUT2D eigenvalue weighted by atomic mass is 16.5. The highest BCUT2D eigenvalue weighted by Crippen LogP contribution is 2.39. The van der Waals surface area contributed by atoms with Crippen molar-refractivity contribution in [2.45, 2.75) is 12.5 Å². The van der Waals surface area contributed by atoms with Crippen LogP contribution in [0.3, 0.4) is 0 Å². The van der Waals surface area contributed by atoms with Crippen LogP contribution in [-0.2, 0) is 4.79 Å². The van der Waals surface area contributed by atoms with Crippen LogP contribution in [0.15, 0.2) is 12.1 Å². The normalized spacial score (nSPS) is 15.7. The highest BCUT2D eigenvalue weighted by molar-refractivity contribution is 5.98.